The highest BCUT2D eigenvalue weighted by Gasteiger charge is 2.12. The van der Waals surface area contributed by atoms with E-state index in [-0.39, 0.29) is 19.1 Å². The maximum Gasteiger partial charge on any atom is 0.251 e. The minimum absolute atomic E-state index is 0.179. The van der Waals surface area contributed by atoms with Gasteiger partial charge in [-0.15, -0.1) is 0 Å². The smallest absolute Gasteiger partial charge is 0.251 e. The topological polar surface area (TPSA) is 58.6 Å². The number of aliphatic hydroxyl groups is 1. The van der Waals surface area contributed by atoms with Crippen LogP contribution in [0.2, 0.25) is 0 Å². The molecule has 1 atom stereocenters. The van der Waals surface area contributed by atoms with Gasteiger partial charge in [-0.2, -0.15) is 0 Å². The van der Waals surface area contributed by atoms with Crippen LogP contribution in [0.15, 0.2) is 22.7 Å². The van der Waals surface area contributed by atoms with Gasteiger partial charge in [0, 0.05) is 23.7 Å². The fourth-order valence-electron chi connectivity index (χ4n) is 1.41. The average Bonchev–Trinajstić information content (AvgIpc) is 2.30. The molecule has 0 aliphatic heterocycles. The van der Waals surface area contributed by atoms with Gasteiger partial charge in [-0.3, -0.25) is 4.79 Å². The molecular formula is C12H16BrNO3. The summed E-state index contributed by atoms with van der Waals surface area (Å²) in [6, 6.07) is 5.43. The second-order valence-electron chi connectivity index (χ2n) is 3.73. The average molecular weight is 302 g/mol. The second-order valence-corrected chi connectivity index (χ2v) is 4.59. The van der Waals surface area contributed by atoms with E-state index in [2.05, 4.69) is 21.2 Å². The number of hydrogen-bond acceptors (Lipinski definition) is 3. The first-order chi connectivity index (χ1) is 8.06. The maximum absolute atomic E-state index is 11.8. The zero-order valence-corrected chi connectivity index (χ0v) is 11.5. The number of ether oxygens (including phenoxy) is 1. The third-order valence-electron chi connectivity index (χ3n) is 2.37. The van der Waals surface area contributed by atoms with Gasteiger partial charge in [0.2, 0.25) is 0 Å². The SMILES string of the molecule is COCC(O)CNC(=O)c1cccc(Br)c1C. The van der Waals surface area contributed by atoms with E-state index < -0.39 is 6.10 Å². The molecule has 0 radical (unpaired) electrons. The highest BCUT2D eigenvalue weighted by Crippen LogP contribution is 2.19. The van der Waals surface area contributed by atoms with Gasteiger partial charge in [0.1, 0.15) is 0 Å². The normalized spacial score (nSPS) is 12.2. The number of carbonyl (C=O) groups is 1. The van der Waals surface area contributed by atoms with E-state index in [0.29, 0.717) is 5.56 Å². The van der Waals surface area contributed by atoms with Crippen molar-refractivity contribution in [1.29, 1.82) is 0 Å². The van der Waals surface area contributed by atoms with Crippen LogP contribution in [0.5, 0.6) is 0 Å². The largest absolute Gasteiger partial charge is 0.389 e. The molecule has 1 rings (SSSR count). The molecule has 4 nitrogen and oxygen atoms in total. The van der Waals surface area contributed by atoms with E-state index in [4.69, 9.17) is 4.74 Å². The number of rotatable bonds is 5. The molecule has 2 N–H and O–H groups in total. The lowest BCUT2D eigenvalue weighted by atomic mass is 10.1. The Balaban J connectivity index is 2.61. The highest BCUT2D eigenvalue weighted by atomic mass is 79.9. The minimum Gasteiger partial charge on any atom is -0.389 e. The number of carbonyl (C=O) groups excluding carboxylic acids is 1. The van der Waals surface area contributed by atoms with E-state index in [1.807, 2.05) is 13.0 Å². The molecule has 0 heterocycles. The van der Waals surface area contributed by atoms with Gasteiger partial charge >= 0.3 is 0 Å². The highest BCUT2D eigenvalue weighted by molar-refractivity contribution is 9.10. The molecule has 1 unspecified atom stereocenters. The molecule has 0 aromatic heterocycles. The lowest BCUT2D eigenvalue weighted by molar-refractivity contribution is 0.0609. The summed E-state index contributed by atoms with van der Waals surface area (Å²) in [6.45, 7) is 2.25. The van der Waals surface area contributed by atoms with Crippen molar-refractivity contribution in [3.8, 4) is 0 Å². The van der Waals surface area contributed by atoms with Crippen LogP contribution in [0.4, 0.5) is 0 Å². The molecule has 17 heavy (non-hydrogen) atoms. The van der Waals surface area contributed by atoms with Crippen LogP contribution in [0, 0.1) is 6.92 Å². The molecule has 0 bridgehead atoms. The first-order valence-corrected chi connectivity index (χ1v) is 6.06. The van der Waals surface area contributed by atoms with Crippen LogP contribution in [-0.4, -0.2) is 37.4 Å². The Hall–Kier alpha value is -0.910. The quantitative estimate of drug-likeness (QED) is 0.866. The summed E-state index contributed by atoms with van der Waals surface area (Å²) < 4.78 is 5.67. The summed E-state index contributed by atoms with van der Waals surface area (Å²) in [4.78, 5) is 11.8. The van der Waals surface area contributed by atoms with Gasteiger partial charge in [0.15, 0.2) is 0 Å². The predicted octanol–water partition coefficient (Wildman–Crippen LogP) is 1.49. The molecule has 0 saturated carbocycles. The summed E-state index contributed by atoms with van der Waals surface area (Å²) >= 11 is 3.37. The molecule has 5 heteroatoms. The zero-order valence-electron chi connectivity index (χ0n) is 9.87. The van der Waals surface area contributed by atoms with Crippen molar-refractivity contribution in [2.75, 3.05) is 20.3 Å². The van der Waals surface area contributed by atoms with Crippen molar-refractivity contribution in [1.82, 2.24) is 5.32 Å². The number of halogens is 1. The standard InChI is InChI=1S/C12H16BrNO3/c1-8-10(4-3-5-11(8)13)12(16)14-6-9(15)7-17-2/h3-5,9,15H,6-7H2,1-2H3,(H,14,16). The Labute approximate surface area is 109 Å². The third-order valence-corrected chi connectivity index (χ3v) is 3.23. The number of aliphatic hydroxyl groups excluding tert-OH is 1. The zero-order chi connectivity index (χ0) is 12.8. The molecule has 0 saturated heterocycles. The van der Waals surface area contributed by atoms with Crippen LogP contribution in [-0.2, 0) is 4.74 Å². The van der Waals surface area contributed by atoms with Crippen LogP contribution >= 0.6 is 15.9 Å². The molecule has 0 fully saturated rings. The fourth-order valence-corrected chi connectivity index (χ4v) is 1.78. The Morgan fingerprint density at radius 2 is 2.29 bits per heavy atom. The fraction of sp³-hybridized carbons (Fsp3) is 0.417. The lowest BCUT2D eigenvalue weighted by Crippen LogP contribution is -2.34. The predicted molar refractivity (Wildman–Crippen MR) is 69.1 cm³/mol. The Kier molecular flexibility index (Phi) is 5.61. The van der Waals surface area contributed by atoms with Crippen molar-refractivity contribution in [2.24, 2.45) is 0 Å². The van der Waals surface area contributed by atoms with Gasteiger partial charge in [-0.25, -0.2) is 0 Å². The molecule has 0 spiro atoms. The third kappa shape index (κ3) is 4.11. The number of amides is 1. The van der Waals surface area contributed by atoms with Crippen LogP contribution in [0.1, 0.15) is 15.9 Å². The van der Waals surface area contributed by atoms with Gasteiger partial charge < -0.3 is 15.2 Å². The Bertz CT molecular complexity index is 395. The van der Waals surface area contributed by atoms with E-state index in [9.17, 15) is 9.90 Å². The summed E-state index contributed by atoms with van der Waals surface area (Å²) in [5.74, 6) is -0.195. The van der Waals surface area contributed by atoms with Gasteiger partial charge in [0.25, 0.3) is 5.91 Å². The molecule has 1 aromatic rings. The monoisotopic (exact) mass is 301 g/mol. The van der Waals surface area contributed by atoms with Crippen molar-refractivity contribution in [2.45, 2.75) is 13.0 Å². The molecule has 1 amide bonds. The maximum atomic E-state index is 11.8. The first kappa shape index (κ1) is 14.2. The van der Waals surface area contributed by atoms with Gasteiger partial charge in [-0.05, 0) is 24.6 Å². The number of nitrogens with one attached hydrogen (secondary N) is 1. The Morgan fingerprint density at radius 3 is 2.94 bits per heavy atom. The van der Waals surface area contributed by atoms with E-state index >= 15 is 0 Å². The first-order valence-electron chi connectivity index (χ1n) is 5.26. The molecule has 0 aliphatic carbocycles. The molecule has 1 aromatic carbocycles. The van der Waals surface area contributed by atoms with Crippen molar-refractivity contribution < 1.29 is 14.6 Å². The van der Waals surface area contributed by atoms with Crippen molar-refractivity contribution in [3.05, 3.63) is 33.8 Å². The van der Waals surface area contributed by atoms with Gasteiger partial charge in [0.05, 0.1) is 12.7 Å². The van der Waals surface area contributed by atoms with Gasteiger partial charge in [-0.1, -0.05) is 22.0 Å². The van der Waals surface area contributed by atoms with E-state index in [1.54, 1.807) is 12.1 Å². The summed E-state index contributed by atoms with van der Waals surface area (Å²) in [5.41, 5.74) is 1.48. The molecule has 94 valence electrons. The van der Waals surface area contributed by atoms with Crippen LogP contribution < -0.4 is 5.32 Å². The number of benzene rings is 1. The van der Waals surface area contributed by atoms with Crippen molar-refractivity contribution >= 4 is 21.8 Å². The number of methoxy groups -OCH3 is 1. The van der Waals surface area contributed by atoms with E-state index in [0.717, 1.165) is 10.0 Å². The van der Waals surface area contributed by atoms with E-state index in [1.165, 1.54) is 7.11 Å². The summed E-state index contributed by atoms with van der Waals surface area (Å²) in [6.07, 6.45) is -0.684. The number of hydrogen-bond donors (Lipinski definition) is 2. The lowest BCUT2D eigenvalue weighted by Gasteiger charge is -2.12. The van der Waals surface area contributed by atoms with Crippen LogP contribution in [0.25, 0.3) is 0 Å². The second kappa shape index (κ2) is 6.74. The van der Waals surface area contributed by atoms with Crippen molar-refractivity contribution in [3.63, 3.8) is 0 Å². The summed E-state index contributed by atoms with van der Waals surface area (Å²) in [7, 11) is 1.50. The molecule has 0 aliphatic rings. The Morgan fingerprint density at radius 1 is 1.59 bits per heavy atom. The van der Waals surface area contributed by atoms with Crippen LogP contribution in [0.3, 0.4) is 0 Å². The summed E-state index contributed by atoms with van der Waals surface area (Å²) in [5, 5.41) is 12.1. The minimum atomic E-state index is -0.684. The molecular weight excluding hydrogens is 286 g/mol.